The molecule has 0 aliphatic rings. The summed E-state index contributed by atoms with van der Waals surface area (Å²) in [5.74, 6) is 0. The second kappa shape index (κ2) is 5.43. The number of nitrogens with one attached hydrogen (secondary N) is 1. The molecule has 2 nitrogen and oxygen atoms in total. The number of nitrogens with zero attached hydrogens (tertiary/aromatic N) is 1. The van der Waals surface area contributed by atoms with Gasteiger partial charge in [0.25, 0.3) is 0 Å². The molecule has 0 bridgehead atoms. The Hall–Kier alpha value is -0.900. The van der Waals surface area contributed by atoms with Crippen LogP contribution in [0.4, 0.5) is 0 Å². The van der Waals surface area contributed by atoms with Gasteiger partial charge in [0.15, 0.2) is 0 Å². The molecule has 0 radical (unpaired) electrons. The Bertz CT molecular complexity index is 442. The predicted octanol–water partition coefficient (Wildman–Crippen LogP) is 3.50. The summed E-state index contributed by atoms with van der Waals surface area (Å²) in [7, 11) is 0. The molecule has 0 saturated carbocycles. The lowest BCUT2D eigenvalue weighted by atomic mass is 10.1. The predicted molar refractivity (Wildman–Crippen MR) is 69.1 cm³/mol. The highest BCUT2D eigenvalue weighted by Gasteiger charge is 2.16. The number of hydrogen-bond donors (Lipinski definition) is 1. The minimum absolute atomic E-state index is 0.167. The zero-order chi connectivity index (χ0) is 11.4. The summed E-state index contributed by atoms with van der Waals surface area (Å²) in [6, 6.07) is 6.31. The van der Waals surface area contributed by atoms with Gasteiger partial charge in [-0.2, -0.15) is 0 Å². The van der Waals surface area contributed by atoms with Crippen molar-refractivity contribution in [3.05, 3.63) is 51.4 Å². The fourth-order valence-electron chi connectivity index (χ4n) is 1.64. The summed E-state index contributed by atoms with van der Waals surface area (Å²) in [6.45, 7) is 3.00. The van der Waals surface area contributed by atoms with E-state index in [1.54, 1.807) is 23.7 Å². The van der Waals surface area contributed by atoms with Crippen LogP contribution in [0.3, 0.4) is 0 Å². The van der Waals surface area contributed by atoms with Gasteiger partial charge in [-0.15, -0.1) is 11.3 Å². The number of rotatable bonds is 4. The van der Waals surface area contributed by atoms with Gasteiger partial charge in [-0.25, -0.2) is 0 Å². The van der Waals surface area contributed by atoms with Crippen LogP contribution in [0.2, 0.25) is 5.02 Å². The first-order valence-electron chi connectivity index (χ1n) is 5.19. The lowest BCUT2D eigenvalue weighted by Crippen LogP contribution is -2.21. The van der Waals surface area contributed by atoms with Crippen LogP contribution in [-0.4, -0.2) is 11.5 Å². The molecule has 4 heteroatoms. The van der Waals surface area contributed by atoms with Crippen molar-refractivity contribution in [2.24, 2.45) is 0 Å². The highest BCUT2D eigenvalue weighted by atomic mass is 35.5. The van der Waals surface area contributed by atoms with Gasteiger partial charge in [0.05, 0.1) is 11.1 Å². The lowest BCUT2D eigenvalue weighted by Gasteiger charge is -2.17. The summed E-state index contributed by atoms with van der Waals surface area (Å²) in [6.07, 6.45) is 3.47. The van der Waals surface area contributed by atoms with Crippen LogP contribution < -0.4 is 5.32 Å². The van der Waals surface area contributed by atoms with Crippen molar-refractivity contribution in [2.45, 2.75) is 13.0 Å². The van der Waals surface area contributed by atoms with Gasteiger partial charge < -0.3 is 5.32 Å². The van der Waals surface area contributed by atoms with Crippen LogP contribution in [0.25, 0.3) is 0 Å². The maximum absolute atomic E-state index is 6.17. The second-order valence-corrected chi connectivity index (χ2v) is 4.79. The van der Waals surface area contributed by atoms with Crippen molar-refractivity contribution in [1.82, 2.24) is 10.3 Å². The van der Waals surface area contributed by atoms with Crippen molar-refractivity contribution >= 4 is 22.9 Å². The van der Waals surface area contributed by atoms with E-state index in [9.17, 15) is 0 Å². The molecule has 16 heavy (non-hydrogen) atoms. The molecule has 1 atom stereocenters. The Morgan fingerprint density at radius 2 is 2.38 bits per heavy atom. The number of pyridine rings is 1. The standard InChI is InChI=1S/C12H13ClN2S/c1-2-15-12(11-4-3-7-16-11)9-5-6-14-8-10(9)13/h3-8,12,15H,2H2,1H3. The Balaban J connectivity index is 2.37. The van der Waals surface area contributed by atoms with Gasteiger partial charge in [0.2, 0.25) is 0 Å². The largest absolute Gasteiger partial charge is 0.306 e. The molecular formula is C12H13ClN2S. The van der Waals surface area contributed by atoms with E-state index in [-0.39, 0.29) is 6.04 Å². The topological polar surface area (TPSA) is 24.9 Å². The third-order valence-corrected chi connectivity index (χ3v) is 3.60. The zero-order valence-corrected chi connectivity index (χ0v) is 10.6. The summed E-state index contributed by atoms with van der Waals surface area (Å²) >= 11 is 7.91. The Labute approximate surface area is 104 Å². The molecule has 0 saturated heterocycles. The number of halogens is 1. The van der Waals surface area contributed by atoms with Crippen molar-refractivity contribution in [3.63, 3.8) is 0 Å². The molecule has 0 fully saturated rings. The molecule has 0 aliphatic heterocycles. The Morgan fingerprint density at radius 3 is 3.00 bits per heavy atom. The SMILES string of the molecule is CCNC(c1cccs1)c1ccncc1Cl. The molecule has 2 aromatic heterocycles. The molecule has 0 amide bonds. The molecule has 1 N–H and O–H groups in total. The van der Waals surface area contributed by atoms with E-state index >= 15 is 0 Å². The fourth-order valence-corrected chi connectivity index (χ4v) is 2.69. The van der Waals surface area contributed by atoms with Crippen LogP contribution in [0.1, 0.15) is 23.4 Å². The fraction of sp³-hybridized carbons (Fsp3) is 0.250. The molecule has 0 aromatic carbocycles. The average molecular weight is 253 g/mol. The normalized spacial score (nSPS) is 12.6. The van der Waals surface area contributed by atoms with Crippen LogP contribution in [0.5, 0.6) is 0 Å². The van der Waals surface area contributed by atoms with E-state index in [0.717, 1.165) is 12.1 Å². The first-order valence-corrected chi connectivity index (χ1v) is 6.45. The second-order valence-electron chi connectivity index (χ2n) is 3.40. The van der Waals surface area contributed by atoms with Gasteiger partial charge in [0.1, 0.15) is 0 Å². The lowest BCUT2D eigenvalue weighted by molar-refractivity contribution is 0.639. The summed E-state index contributed by atoms with van der Waals surface area (Å²) in [5, 5.41) is 6.23. The van der Waals surface area contributed by atoms with Crippen LogP contribution in [0.15, 0.2) is 36.0 Å². The first-order chi connectivity index (χ1) is 7.83. The molecule has 84 valence electrons. The zero-order valence-electron chi connectivity index (χ0n) is 8.98. The molecule has 2 heterocycles. The molecular weight excluding hydrogens is 240 g/mol. The van der Waals surface area contributed by atoms with Crippen molar-refractivity contribution in [1.29, 1.82) is 0 Å². The maximum atomic E-state index is 6.17. The van der Waals surface area contributed by atoms with E-state index < -0.39 is 0 Å². The van der Waals surface area contributed by atoms with Gasteiger partial charge in [-0.05, 0) is 29.6 Å². The van der Waals surface area contributed by atoms with Crippen LogP contribution in [-0.2, 0) is 0 Å². The van der Waals surface area contributed by atoms with Crippen molar-refractivity contribution in [2.75, 3.05) is 6.54 Å². The highest BCUT2D eigenvalue weighted by Crippen LogP contribution is 2.29. The third kappa shape index (κ3) is 2.43. The minimum Gasteiger partial charge on any atom is -0.306 e. The highest BCUT2D eigenvalue weighted by molar-refractivity contribution is 7.10. The summed E-state index contributed by atoms with van der Waals surface area (Å²) in [5.41, 5.74) is 1.08. The van der Waals surface area contributed by atoms with E-state index in [1.165, 1.54) is 4.88 Å². The number of aromatic nitrogens is 1. The monoisotopic (exact) mass is 252 g/mol. The third-order valence-electron chi connectivity index (χ3n) is 2.35. The minimum atomic E-state index is 0.167. The summed E-state index contributed by atoms with van der Waals surface area (Å²) in [4.78, 5) is 5.29. The van der Waals surface area contributed by atoms with Gasteiger partial charge >= 0.3 is 0 Å². The van der Waals surface area contributed by atoms with E-state index in [4.69, 9.17) is 11.6 Å². The quantitative estimate of drug-likeness (QED) is 0.901. The smallest absolute Gasteiger partial charge is 0.0686 e. The summed E-state index contributed by atoms with van der Waals surface area (Å²) < 4.78 is 0. The van der Waals surface area contributed by atoms with Crippen LogP contribution in [0, 0.1) is 0 Å². The van der Waals surface area contributed by atoms with E-state index in [0.29, 0.717) is 5.02 Å². The average Bonchev–Trinajstić information content (AvgIpc) is 2.80. The Morgan fingerprint density at radius 1 is 1.50 bits per heavy atom. The van der Waals surface area contributed by atoms with E-state index in [1.807, 2.05) is 6.07 Å². The first kappa shape index (κ1) is 11.6. The maximum Gasteiger partial charge on any atom is 0.0686 e. The van der Waals surface area contributed by atoms with Gasteiger partial charge in [0, 0.05) is 17.3 Å². The van der Waals surface area contributed by atoms with Gasteiger partial charge in [-0.3, -0.25) is 4.98 Å². The molecule has 1 unspecified atom stereocenters. The molecule has 0 spiro atoms. The van der Waals surface area contributed by atoms with Crippen molar-refractivity contribution < 1.29 is 0 Å². The molecule has 2 rings (SSSR count). The van der Waals surface area contributed by atoms with Crippen LogP contribution >= 0.6 is 22.9 Å². The molecule has 0 aliphatic carbocycles. The van der Waals surface area contributed by atoms with E-state index in [2.05, 4.69) is 34.7 Å². The Kier molecular flexibility index (Phi) is 3.93. The van der Waals surface area contributed by atoms with Gasteiger partial charge in [-0.1, -0.05) is 24.6 Å². The number of thiophene rings is 1. The number of hydrogen-bond acceptors (Lipinski definition) is 3. The van der Waals surface area contributed by atoms with Crippen molar-refractivity contribution in [3.8, 4) is 0 Å². The molecule has 2 aromatic rings.